The zero-order valence-electron chi connectivity index (χ0n) is 13.4. The Morgan fingerprint density at radius 3 is 2.73 bits per heavy atom. The number of hydrogen-bond acceptors (Lipinski definition) is 3. The van der Waals surface area contributed by atoms with Gasteiger partial charge in [-0.25, -0.2) is 0 Å². The zero-order chi connectivity index (χ0) is 15.5. The molecule has 2 saturated carbocycles. The lowest BCUT2D eigenvalue weighted by Gasteiger charge is -2.58. The van der Waals surface area contributed by atoms with E-state index < -0.39 is 0 Å². The fourth-order valence-corrected chi connectivity index (χ4v) is 5.72. The normalized spacial score (nSPS) is 47.0. The second kappa shape index (κ2) is 4.56. The summed E-state index contributed by atoms with van der Waals surface area (Å²) in [7, 11) is 0. The van der Waals surface area contributed by atoms with Gasteiger partial charge in [0, 0.05) is 17.8 Å². The maximum absolute atomic E-state index is 11.7. The summed E-state index contributed by atoms with van der Waals surface area (Å²) in [6.07, 6.45) is 11.5. The molecule has 3 aliphatic carbocycles. The van der Waals surface area contributed by atoms with Crippen molar-refractivity contribution in [2.45, 2.75) is 58.0 Å². The van der Waals surface area contributed by atoms with Gasteiger partial charge in [0.15, 0.2) is 5.78 Å². The van der Waals surface area contributed by atoms with Crippen LogP contribution in [0.15, 0.2) is 23.8 Å². The summed E-state index contributed by atoms with van der Waals surface area (Å²) in [5.74, 6) is 1.77. The van der Waals surface area contributed by atoms with E-state index in [1.54, 1.807) is 6.08 Å². The van der Waals surface area contributed by atoms with Crippen molar-refractivity contribution in [2.75, 3.05) is 0 Å². The monoisotopic (exact) mass is 300 g/mol. The van der Waals surface area contributed by atoms with Crippen molar-refractivity contribution >= 4 is 11.8 Å². The van der Waals surface area contributed by atoms with Gasteiger partial charge in [0.1, 0.15) is 5.60 Å². The molecule has 4 aliphatic rings. The quantitative estimate of drug-likeness (QED) is 0.642. The molecule has 0 bridgehead atoms. The first-order valence-electron chi connectivity index (χ1n) is 8.58. The van der Waals surface area contributed by atoms with E-state index in [1.165, 1.54) is 5.57 Å². The van der Waals surface area contributed by atoms with E-state index in [2.05, 4.69) is 19.9 Å². The van der Waals surface area contributed by atoms with Crippen LogP contribution in [0.4, 0.5) is 0 Å². The molecule has 0 aromatic heterocycles. The number of ether oxygens (including phenoxy) is 1. The van der Waals surface area contributed by atoms with Crippen molar-refractivity contribution in [1.82, 2.24) is 0 Å². The molecule has 0 N–H and O–H groups in total. The Labute approximate surface area is 131 Å². The Kier molecular flexibility index (Phi) is 2.95. The van der Waals surface area contributed by atoms with Crippen molar-refractivity contribution < 1.29 is 14.3 Å². The van der Waals surface area contributed by atoms with Crippen LogP contribution in [-0.2, 0) is 14.3 Å². The second-order valence-electron chi connectivity index (χ2n) is 7.97. The molecular weight excluding hydrogens is 276 g/mol. The van der Waals surface area contributed by atoms with Crippen LogP contribution >= 0.6 is 0 Å². The van der Waals surface area contributed by atoms with Gasteiger partial charge in [-0.05, 0) is 63.0 Å². The fraction of sp³-hybridized carbons (Fsp3) is 0.684. The van der Waals surface area contributed by atoms with E-state index in [-0.39, 0.29) is 22.8 Å². The second-order valence-corrected chi connectivity index (χ2v) is 7.97. The van der Waals surface area contributed by atoms with Gasteiger partial charge in [-0.3, -0.25) is 9.59 Å². The third-order valence-electron chi connectivity index (χ3n) is 6.90. The van der Waals surface area contributed by atoms with Crippen LogP contribution in [0.5, 0.6) is 0 Å². The number of allylic oxidation sites excluding steroid dienone is 4. The third kappa shape index (κ3) is 1.87. The number of ketones is 1. The Morgan fingerprint density at radius 1 is 1.09 bits per heavy atom. The number of carbonyl (C=O) groups excluding carboxylic acids is 2. The highest BCUT2D eigenvalue weighted by molar-refractivity contribution is 6.01. The predicted molar refractivity (Wildman–Crippen MR) is 83.0 cm³/mol. The summed E-state index contributed by atoms with van der Waals surface area (Å²) in [5, 5.41) is 0. The number of carbonyl (C=O) groups is 2. The molecule has 3 fully saturated rings. The molecule has 1 saturated heterocycles. The average Bonchev–Trinajstić information content (AvgIpc) is 2.46. The van der Waals surface area contributed by atoms with Crippen LogP contribution in [0.3, 0.4) is 0 Å². The lowest BCUT2D eigenvalue weighted by molar-refractivity contribution is -0.192. The first-order valence-corrected chi connectivity index (χ1v) is 8.58. The zero-order valence-corrected chi connectivity index (χ0v) is 13.4. The molecule has 0 aromatic carbocycles. The SMILES string of the molecule is C[C@]12CC[C@@H]3[C@H](CCC4=CC(=O)C=C[C@]43C)[C@@H]1CCC(=O)O2. The van der Waals surface area contributed by atoms with E-state index in [4.69, 9.17) is 4.74 Å². The van der Waals surface area contributed by atoms with Crippen LogP contribution in [-0.4, -0.2) is 17.4 Å². The Bertz CT molecular complexity index is 602. The molecule has 3 heteroatoms. The number of esters is 1. The summed E-state index contributed by atoms with van der Waals surface area (Å²) >= 11 is 0. The molecule has 5 atom stereocenters. The van der Waals surface area contributed by atoms with Gasteiger partial charge in [0.25, 0.3) is 0 Å². The lowest BCUT2D eigenvalue weighted by atomic mass is 9.49. The molecule has 0 unspecified atom stereocenters. The van der Waals surface area contributed by atoms with Crippen molar-refractivity contribution in [1.29, 1.82) is 0 Å². The van der Waals surface area contributed by atoms with Gasteiger partial charge in [0.05, 0.1) is 0 Å². The highest BCUT2D eigenvalue weighted by Gasteiger charge is 2.56. The van der Waals surface area contributed by atoms with Gasteiger partial charge < -0.3 is 4.74 Å². The minimum atomic E-state index is -0.262. The van der Waals surface area contributed by atoms with E-state index in [1.807, 2.05) is 6.08 Å². The van der Waals surface area contributed by atoms with Crippen LogP contribution in [0.25, 0.3) is 0 Å². The number of fused-ring (bicyclic) bond motifs is 5. The molecular formula is C19H24O3. The maximum atomic E-state index is 11.7. The van der Waals surface area contributed by atoms with E-state index in [0.717, 1.165) is 32.1 Å². The van der Waals surface area contributed by atoms with Gasteiger partial charge in [0.2, 0.25) is 0 Å². The standard InChI is InChI=1S/C19H24O3/c1-18-9-7-13(20)11-12(18)3-4-14-15(18)8-10-19(2)16(14)5-6-17(21)22-19/h7,9,11,14-16H,3-6,8,10H2,1-2H3/t14-,15+,16-,18+,19-/m0/s1. The molecule has 22 heavy (non-hydrogen) atoms. The summed E-state index contributed by atoms with van der Waals surface area (Å²) in [6, 6.07) is 0. The Hall–Kier alpha value is -1.38. The van der Waals surface area contributed by atoms with Crippen LogP contribution in [0.1, 0.15) is 52.4 Å². The number of rotatable bonds is 0. The highest BCUT2D eigenvalue weighted by atomic mass is 16.6. The first kappa shape index (κ1) is 14.2. The minimum absolute atomic E-state index is 0.0250. The highest BCUT2D eigenvalue weighted by Crippen LogP contribution is 2.60. The van der Waals surface area contributed by atoms with Crippen LogP contribution < -0.4 is 0 Å². The largest absolute Gasteiger partial charge is 0.459 e. The summed E-state index contributed by atoms with van der Waals surface area (Å²) in [5.41, 5.74) is 1.08. The molecule has 0 amide bonds. The van der Waals surface area contributed by atoms with Crippen molar-refractivity contribution in [3.63, 3.8) is 0 Å². The van der Waals surface area contributed by atoms with Crippen LogP contribution in [0.2, 0.25) is 0 Å². The maximum Gasteiger partial charge on any atom is 0.306 e. The third-order valence-corrected chi connectivity index (χ3v) is 6.90. The number of hydrogen-bond donors (Lipinski definition) is 0. The molecule has 4 rings (SSSR count). The summed E-state index contributed by atoms with van der Waals surface area (Å²) in [6.45, 7) is 4.44. The van der Waals surface area contributed by atoms with Crippen molar-refractivity contribution in [3.05, 3.63) is 23.8 Å². The Balaban J connectivity index is 1.68. The minimum Gasteiger partial charge on any atom is -0.459 e. The predicted octanol–water partition coefficient (Wildman–Crippen LogP) is 3.59. The molecule has 0 aromatic rings. The van der Waals surface area contributed by atoms with Crippen LogP contribution in [0, 0.1) is 23.2 Å². The molecule has 0 spiro atoms. The Morgan fingerprint density at radius 2 is 1.91 bits per heavy atom. The van der Waals surface area contributed by atoms with E-state index in [0.29, 0.717) is 24.2 Å². The molecule has 0 radical (unpaired) electrons. The van der Waals surface area contributed by atoms with Gasteiger partial charge >= 0.3 is 5.97 Å². The molecule has 118 valence electrons. The average molecular weight is 300 g/mol. The first-order chi connectivity index (χ1) is 10.4. The topological polar surface area (TPSA) is 43.4 Å². The molecule has 3 nitrogen and oxygen atoms in total. The van der Waals surface area contributed by atoms with E-state index >= 15 is 0 Å². The molecule has 1 aliphatic heterocycles. The smallest absolute Gasteiger partial charge is 0.306 e. The fourth-order valence-electron chi connectivity index (χ4n) is 5.72. The lowest BCUT2D eigenvalue weighted by Crippen LogP contribution is -2.56. The molecule has 1 heterocycles. The summed E-state index contributed by atoms with van der Waals surface area (Å²) in [4.78, 5) is 23.4. The van der Waals surface area contributed by atoms with Crippen molar-refractivity contribution in [2.24, 2.45) is 23.2 Å². The van der Waals surface area contributed by atoms with E-state index in [9.17, 15) is 9.59 Å². The van der Waals surface area contributed by atoms with Gasteiger partial charge in [-0.15, -0.1) is 0 Å². The van der Waals surface area contributed by atoms with Gasteiger partial charge in [-0.1, -0.05) is 18.6 Å². The summed E-state index contributed by atoms with van der Waals surface area (Å²) < 4.78 is 5.79. The van der Waals surface area contributed by atoms with Crippen molar-refractivity contribution in [3.8, 4) is 0 Å². The van der Waals surface area contributed by atoms with Gasteiger partial charge in [-0.2, -0.15) is 0 Å².